The van der Waals surface area contributed by atoms with E-state index in [0.29, 0.717) is 19.6 Å². The van der Waals surface area contributed by atoms with Gasteiger partial charge in [0, 0.05) is 0 Å². The highest BCUT2D eigenvalue weighted by atomic mass is 19.3. The van der Waals surface area contributed by atoms with Gasteiger partial charge in [-0.2, -0.15) is 8.78 Å². The molecule has 0 aromatic rings. The molecule has 0 spiro atoms. The number of alkyl halides is 2. The first-order chi connectivity index (χ1) is 6.36. The van der Waals surface area contributed by atoms with E-state index in [1.165, 1.54) is 0 Å². The third kappa shape index (κ3) is 5.63. The zero-order valence-electron chi connectivity index (χ0n) is 8.57. The largest absolute Gasteiger partial charge is 0.380 e. The van der Waals surface area contributed by atoms with Crippen molar-refractivity contribution >= 4 is 0 Å². The molecule has 0 heterocycles. The highest BCUT2D eigenvalue weighted by molar-refractivity contribution is 4.31. The maximum Gasteiger partial charge on any atom is 0.380 e. The van der Waals surface area contributed by atoms with Crippen molar-refractivity contribution in [2.24, 2.45) is 0 Å². The molecule has 5 nitrogen and oxygen atoms in total. The molecule has 0 radical (unpaired) electrons. The summed E-state index contributed by atoms with van der Waals surface area (Å²) in [6.45, 7) is 4.75. The van der Waals surface area contributed by atoms with Crippen LogP contribution >= 0.6 is 0 Å². The van der Waals surface area contributed by atoms with Gasteiger partial charge in [0.2, 0.25) is 0 Å². The lowest BCUT2D eigenvalue weighted by Crippen LogP contribution is -2.51. The van der Waals surface area contributed by atoms with Gasteiger partial charge in [-0.25, -0.2) is 0 Å². The molecule has 0 aliphatic carbocycles. The van der Waals surface area contributed by atoms with Crippen LogP contribution in [0.15, 0.2) is 0 Å². The molecule has 0 rings (SSSR count). The second kappa shape index (κ2) is 7.43. The van der Waals surface area contributed by atoms with Crippen molar-refractivity contribution in [3.63, 3.8) is 0 Å². The zero-order valence-corrected chi connectivity index (χ0v) is 8.57. The van der Waals surface area contributed by atoms with E-state index in [2.05, 4.69) is 0 Å². The molecule has 0 atom stereocenters. The summed E-state index contributed by atoms with van der Waals surface area (Å²) in [5.41, 5.74) is 0. The smallest absolute Gasteiger partial charge is 0.356 e. The van der Waals surface area contributed by atoms with Gasteiger partial charge in [-0.15, -0.1) is 0 Å². The summed E-state index contributed by atoms with van der Waals surface area (Å²) in [5.74, 6) is 0. The SMILES string of the molecule is CC[N+](CC)(CC)C(F)F.O=[N+]([O-])[O-]. The van der Waals surface area contributed by atoms with Crippen molar-refractivity contribution in [2.45, 2.75) is 27.3 Å². The minimum atomic E-state index is -2.22. The van der Waals surface area contributed by atoms with Crippen LogP contribution in [-0.4, -0.2) is 35.8 Å². The fourth-order valence-electron chi connectivity index (χ4n) is 1.08. The molecule has 7 heteroatoms. The summed E-state index contributed by atoms with van der Waals surface area (Å²) >= 11 is 0. The maximum absolute atomic E-state index is 12.3. The monoisotopic (exact) mass is 214 g/mol. The fraction of sp³-hybridized carbons (Fsp3) is 1.00. The number of hydrogen-bond acceptors (Lipinski definition) is 3. The molecule has 0 saturated carbocycles. The van der Waals surface area contributed by atoms with Crippen LogP contribution in [-0.2, 0) is 0 Å². The average molecular weight is 214 g/mol. The van der Waals surface area contributed by atoms with E-state index in [4.69, 9.17) is 15.3 Å². The molecule has 86 valence electrons. The summed E-state index contributed by atoms with van der Waals surface area (Å²) in [7, 11) is 0. The van der Waals surface area contributed by atoms with Gasteiger partial charge in [0.1, 0.15) is 0 Å². The summed E-state index contributed by atoms with van der Waals surface area (Å²) in [6.07, 6.45) is 0. The van der Waals surface area contributed by atoms with Crippen molar-refractivity contribution < 1.29 is 18.4 Å². The van der Waals surface area contributed by atoms with Crippen LogP contribution in [0, 0.1) is 15.3 Å². The first-order valence-electron chi connectivity index (χ1n) is 4.31. The Morgan fingerprint density at radius 2 is 1.36 bits per heavy atom. The Hall–Kier alpha value is -0.980. The normalized spacial score (nSPS) is 10.7. The summed E-state index contributed by atoms with van der Waals surface area (Å²) in [4.78, 5) is 8.25. The quantitative estimate of drug-likeness (QED) is 0.310. The Morgan fingerprint density at radius 1 is 1.14 bits per heavy atom. The van der Waals surface area contributed by atoms with Crippen molar-refractivity contribution in [3.05, 3.63) is 15.3 Å². The molecule has 0 unspecified atom stereocenters. The van der Waals surface area contributed by atoms with Gasteiger partial charge in [-0.1, -0.05) is 0 Å². The third-order valence-electron chi connectivity index (χ3n) is 2.30. The van der Waals surface area contributed by atoms with Crippen molar-refractivity contribution in [3.8, 4) is 0 Å². The Bertz CT molecular complexity index is 151. The van der Waals surface area contributed by atoms with Gasteiger partial charge < -0.3 is 15.3 Å². The minimum absolute atomic E-state index is 0.0694. The predicted molar refractivity (Wildman–Crippen MR) is 48.2 cm³/mol. The Labute approximate surface area is 81.6 Å². The van der Waals surface area contributed by atoms with E-state index >= 15 is 0 Å². The molecule has 0 saturated heterocycles. The van der Waals surface area contributed by atoms with Gasteiger partial charge in [0.15, 0.2) is 0 Å². The van der Waals surface area contributed by atoms with Gasteiger partial charge in [-0.3, -0.25) is 4.48 Å². The zero-order chi connectivity index (χ0) is 11.8. The van der Waals surface area contributed by atoms with Crippen molar-refractivity contribution in [1.29, 1.82) is 0 Å². The van der Waals surface area contributed by atoms with Crippen LogP contribution in [0.2, 0.25) is 0 Å². The molecule has 0 aromatic carbocycles. The standard InChI is InChI=1S/C7H16F2N.NO3/c1-4-10(5-2,6-3)7(8)9;2-1(3)4/h7H,4-6H2,1-3H3;/q+1;-1. The van der Waals surface area contributed by atoms with E-state index in [1.54, 1.807) is 20.8 Å². The van der Waals surface area contributed by atoms with E-state index in [0.717, 1.165) is 0 Å². The number of rotatable bonds is 4. The van der Waals surface area contributed by atoms with E-state index in [9.17, 15) is 8.78 Å². The Kier molecular flexibility index (Phi) is 8.22. The molecular formula is C7H16F2N2O3. The first-order valence-corrected chi connectivity index (χ1v) is 4.31. The Morgan fingerprint density at radius 3 is 1.36 bits per heavy atom. The van der Waals surface area contributed by atoms with Crippen LogP contribution in [0.4, 0.5) is 8.78 Å². The van der Waals surface area contributed by atoms with Crippen molar-refractivity contribution in [2.75, 3.05) is 19.6 Å². The predicted octanol–water partition coefficient (Wildman–Crippen LogP) is 1.85. The first kappa shape index (κ1) is 15.5. The average Bonchev–Trinajstić information content (AvgIpc) is 2.07. The molecule has 0 fully saturated rings. The molecule has 0 N–H and O–H groups in total. The molecule has 0 aliphatic heterocycles. The van der Waals surface area contributed by atoms with E-state index in [-0.39, 0.29) is 4.48 Å². The number of halogens is 2. The van der Waals surface area contributed by atoms with Gasteiger partial charge >= 0.3 is 6.55 Å². The molecule has 0 aliphatic rings. The van der Waals surface area contributed by atoms with Crippen LogP contribution in [0.25, 0.3) is 0 Å². The van der Waals surface area contributed by atoms with Gasteiger partial charge in [-0.05, 0) is 20.8 Å². The third-order valence-corrected chi connectivity index (χ3v) is 2.30. The lowest BCUT2D eigenvalue weighted by Gasteiger charge is -2.33. The maximum atomic E-state index is 12.3. The van der Waals surface area contributed by atoms with Crippen LogP contribution in [0.1, 0.15) is 20.8 Å². The lowest BCUT2D eigenvalue weighted by molar-refractivity contribution is -0.974. The fourth-order valence-corrected chi connectivity index (χ4v) is 1.08. The van der Waals surface area contributed by atoms with E-state index in [1.807, 2.05) is 0 Å². The highest BCUT2D eigenvalue weighted by Gasteiger charge is 2.31. The second-order valence-corrected chi connectivity index (χ2v) is 2.67. The summed E-state index contributed by atoms with van der Waals surface area (Å²) < 4.78 is 24.6. The second-order valence-electron chi connectivity index (χ2n) is 2.67. The molecule has 0 aromatic heterocycles. The molecule has 0 amide bonds. The van der Waals surface area contributed by atoms with Crippen LogP contribution in [0.3, 0.4) is 0 Å². The lowest BCUT2D eigenvalue weighted by atomic mass is 10.4. The van der Waals surface area contributed by atoms with Crippen LogP contribution < -0.4 is 0 Å². The molecule has 14 heavy (non-hydrogen) atoms. The summed E-state index contributed by atoms with van der Waals surface area (Å²) in [5, 5.41) is 14.8. The Balaban J connectivity index is 0. The minimum Gasteiger partial charge on any atom is -0.356 e. The highest BCUT2D eigenvalue weighted by Crippen LogP contribution is 2.14. The van der Waals surface area contributed by atoms with E-state index < -0.39 is 11.6 Å². The van der Waals surface area contributed by atoms with Gasteiger partial charge in [0.25, 0.3) is 0 Å². The molecular weight excluding hydrogens is 198 g/mol. The number of hydrogen-bond donors (Lipinski definition) is 0. The number of quaternary nitrogens is 1. The number of nitrogens with zero attached hydrogens (tertiary/aromatic N) is 2. The van der Waals surface area contributed by atoms with Crippen molar-refractivity contribution in [1.82, 2.24) is 0 Å². The topological polar surface area (TPSA) is 66.2 Å². The molecule has 0 bridgehead atoms. The summed E-state index contributed by atoms with van der Waals surface area (Å²) in [6, 6.07) is 0. The van der Waals surface area contributed by atoms with Crippen LogP contribution in [0.5, 0.6) is 0 Å². The van der Waals surface area contributed by atoms with Gasteiger partial charge in [0.05, 0.1) is 24.7 Å².